The van der Waals surface area contributed by atoms with Gasteiger partial charge >= 0.3 is 18.7 Å². The van der Waals surface area contributed by atoms with Crippen LogP contribution in [0.3, 0.4) is 0 Å². The van der Waals surface area contributed by atoms with Crippen LogP contribution in [0.15, 0.2) is 0 Å². The molecule has 0 N–H and O–H groups in total. The molecule has 0 bridgehead atoms. The third kappa shape index (κ3) is 5.62. The number of hydrogen-bond acceptors (Lipinski definition) is 5. The lowest BCUT2D eigenvalue weighted by atomic mass is 10.2. The molecule has 0 unspecified atom stereocenters. The molecule has 0 aromatic rings. The van der Waals surface area contributed by atoms with Crippen molar-refractivity contribution in [1.82, 2.24) is 4.90 Å². The second kappa shape index (κ2) is 7.22. The molecule has 1 saturated heterocycles. The second-order valence-corrected chi connectivity index (χ2v) is 5.69. The summed E-state index contributed by atoms with van der Waals surface area (Å²) in [5, 5.41) is 0. The van der Waals surface area contributed by atoms with Gasteiger partial charge in [-0.25, -0.2) is 9.59 Å². The molecule has 0 radical (unpaired) electrons. The van der Waals surface area contributed by atoms with Crippen molar-refractivity contribution in [2.24, 2.45) is 0 Å². The van der Waals surface area contributed by atoms with Gasteiger partial charge in [-0.05, 0) is 20.8 Å². The number of hydrogen-bond donors (Lipinski definition) is 0. The van der Waals surface area contributed by atoms with Crippen LogP contribution in [0.4, 0.5) is 13.6 Å². The third-order valence-corrected chi connectivity index (χ3v) is 2.76. The van der Waals surface area contributed by atoms with Crippen molar-refractivity contribution in [3.63, 3.8) is 0 Å². The predicted molar refractivity (Wildman–Crippen MR) is 69.0 cm³/mol. The largest absolute Gasteiger partial charge is 0.448 e. The van der Waals surface area contributed by atoms with E-state index in [0.717, 1.165) is 4.90 Å². The first-order valence-corrected chi connectivity index (χ1v) is 6.83. The molecular formula is C12H18ClF2NO5. The number of rotatable bonds is 4. The molecule has 1 amide bonds. The Bertz CT molecular complexity index is 388. The zero-order valence-corrected chi connectivity index (χ0v) is 12.7. The Morgan fingerprint density at radius 2 is 2.00 bits per heavy atom. The zero-order chi connectivity index (χ0) is 16.2. The van der Waals surface area contributed by atoms with Gasteiger partial charge in [0.05, 0.1) is 12.6 Å². The van der Waals surface area contributed by atoms with E-state index in [0.29, 0.717) is 0 Å². The van der Waals surface area contributed by atoms with E-state index >= 15 is 0 Å². The highest BCUT2D eigenvalue weighted by Crippen LogP contribution is 2.25. The predicted octanol–water partition coefficient (Wildman–Crippen LogP) is 2.34. The number of nitrogens with zero attached hydrogens (tertiary/aromatic N) is 1. The minimum atomic E-state index is -2.99. The molecule has 122 valence electrons. The van der Waals surface area contributed by atoms with Gasteiger partial charge in [0.15, 0.2) is 6.07 Å². The van der Waals surface area contributed by atoms with Crippen LogP contribution < -0.4 is 0 Å². The first kappa shape index (κ1) is 17.9. The number of esters is 1. The van der Waals surface area contributed by atoms with Gasteiger partial charge in [-0.15, -0.1) is 0 Å². The number of halogens is 3. The van der Waals surface area contributed by atoms with E-state index < -0.39 is 42.5 Å². The summed E-state index contributed by atoms with van der Waals surface area (Å²) in [6, 6.07) is -1.44. The van der Waals surface area contributed by atoms with Gasteiger partial charge < -0.3 is 14.2 Å². The van der Waals surface area contributed by atoms with Crippen molar-refractivity contribution < 1.29 is 32.6 Å². The maximum absolute atomic E-state index is 12.3. The molecule has 9 heteroatoms. The van der Waals surface area contributed by atoms with Crippen molar-refractivity contribution in [2.45, 2.75) is 51.6 Å². The van der Waals surface area contributed by atoms with E-state index in [1.165, 1.54) is 0 Å². The third-order valence-electron chi connectivity index (χ3n) is 2.65. The van der Waals surface area contributed by atoms with Gasteiger partial charge in [0.2, 0.25) is 0 Å². The lowest BCUT2D eigenvalue weighted by molar-refractivity contribution is -0.159. The monoisotopic (exact) mass is 329 g/mol. The fourth-order valence-electron chi connectivity index (χ4n) is 1.94. The van der Waals surface area contributed by atoms with Crippen molar-refractivity contribution in [3.05, 3.63) is 0 Å². The van der Waals surface area contributed by atoms with Crippen LogP contribution in [0.1, 0.15) is 27.2 Å². The first-order chi connectivity index (χ1) is 9.64. The second-order valence-electron chi connectivity index (χ2n) is 5.48. The maximum atomic E-state index is 12.3. The summed E-state index contributed by atoms with van der Waals surface area (Å²) in [4.78, 5) is 24.8. The van der Waals surface area contributed by atoms with Crippen molar-refractivity contribution >= 4 is 23.7 Å². The molecule has 0 aromatic carbocycles. The van der Waals surface area contributed by atoms with Gasteiger partial charge in [-0.2, -0.15) is 8.78 Å². The van der Waals surface area contributed by atoms with Crippen LogP contribution in [-0.2, 0) is 19.0 Å². The summed E-state index contributed by atoms with van der Waals surface area (Å²) in [6.07, 6.45) is -1.86. The van der Waals surface area contributed by atoms with Gasteiger partial charge in [0.1, 0.15) is 11.6 Å². The van der Waals surface area contributed by atoms with E-state index in [4.69, 9.17) is 16.3 Å². The molecule has 1 aliphatic rings. The molecule has 0 aromatic heterocycles. The molecule has 0 spiro atoms. The molecule has 1 aliphatic heterocycles. The van der Waals surface area contributed by atoms with Crippen LogP contribution in [0.25, 0.3) is 0 Å². The van der Waals surface area contributed by atoms with Crippen molar-refractivity contribution in [2.75, 3.05) is 12.6 Å². The lowest BCUT2D eigenvalue weighted by Gasteiger charge is -2.27. The number of carbonyl (C=O) groups is 2. The average Bonchev–Trinajstić information content (AvgIpc) is 2.70. The Morgan fingerprint density at radius 1 is 1.38 bits per heavy atom. The summed E-state index contributed by atoms with van der Waals surface area (Å²) in [6.45, 7) is 1.79. The number of ether oxygens (including phenoxy) is 3. The topological polar surface area (TPSA) is 65.1 Å². The molecule has 0 saturated carbocycles. The molecule has 0 aliphatic carbocycles. The van der Waals surface area contributed by atoms with Gasteiger partial charge in [-0.1, -0.05) is 11.6 Å². The Hall–Kier alpha value is -1.15. The van der Waals surface area contributed by atoms with Crippen molar-refractivity contribution in [3.8, 4) is 0 Å². The highest BCUT2D eigenvalue weighted by molar-refractivity contribution is 6.17. The molecule has 1 heterocycles. The molecule has 21 heavy (non-hydrogen) atoms. The van der Waals surface area contributed by atoms with E-state index in [1.54, 1.807) is 20.8 Å². The van der Waals surface area contributed by atoms with Crippen molar-refractivity contribution in [1.29, 1.82) is 0 Å². The van der Waals surface area contributed by atoms with Crippen LogP contribution in [0, 0.1) is 0 Å². The summed E-state index contributed by atoms with van der Waals surface area (Å²) in [5.41, 5.74) is -0.778. The summed E-state index contributed by atoms with van der Waals surface area (Å²) < 4.78 is 38.7. The van der Waals surface area contributed by atoms with Gasteiger partial charge in [0, 0.05) is 6.42 Å². The molecule has 2 atom stereocenters. The van der Waals surface area contributed by atoms with E-state index in [1.807, 2.05) is 0 Å². The maximum Gasteiger partial charge on any atom is 0.411 e. The SMILES string of the molecule is CC(C)(C)OC(=O)N1C[C@H](OC(F)F)C[C@H]1C(=O)OCCl. The fraction of sp³-hybridized carbons (Fsp3) is 0.833. The Morgan fingerprint density at radius 3 is 2.48 bits per heavy atom. The van der Waals surface area contributed by atoms with Crippen LogP contribution >= 0.6 is 11.6 Å². The summed E-state index contributed by atoms with van der Waals surface area (Å²) >= 11 is 5.30. The minimum Gasteiger partial charge on any atom is -0.448 e. The molecule has 6 nitrogen and oxygen atoms in total. The summed E-state index contributed by atoms with van der Waals surface area (Å²) in [7, 11) is 0. The number of likely N-dealkylation sites (tertiary alicyclic amines) is 1. The molecular weight excluding hydrogens is 312 g/mol. The minimum absolute atomic E-state index is 0.0979. The van der Waals surface area contributed by atoms with Gasteiger partial charge in [0.25, 0.3) is 0 Å². The summed E-state index contributed by atoms with van der Waals surface area (Å²) in [5.74, 6) is -0.781. The first-order valence-electron chi connectivity index (χ1n) is 6.30. The highest BCUT2D eigenvalue weighted by atomic mass is 35.5. The zero-order valence-electron chi connectivity index (χ0n) is 12.0. The van der Waals surface area contributed by atoms with Crippen LogP contribution in [-0.4, -0.2) is 53.9 Å². The van der Waals surface area contributed by atoms with Gasteiger partial charge in [-0.3, -0.25) is 4.90 Å². The lowest BCUT2D eigenvalue weighted by Crippen LogP contribution is -2.44. The number of amides is 1. The number of alkyl halides is 3. The average molecular weight is 330 g/mol. The Labute approximate surface area is 126 Å². The Balaban J connectivity index is 2.80. The Kier molecular flexibility index (Phi) is 6.15. The molecule has 1 fully saturated rings. The number of carbonyl (C=O) groups excluding carboxylic acids is 2. The van der Waals surface area contributed by atoms with E-state index in [9.17, 15) is 18.4 Å². The fourth-order valence-corrected chi connectivity index (χ4v) is 2.04. The van der Waals surface area contributed by atoms with Crippen LogP contribution in [0.5, 0.6) is 0 Å². The highest BCUT2D eigenvalue weighted by Gasteiger charge is 2.43. The smallest absolute Gasteiger partial charge is 0.411 e. The quantitative estimate of drug-likeness (QED) is 0.585. The van der Waals surface area contributed by atoms with E-state index in [2.05, 4.69) is 9.47 Å². The molecule has 1 rings (SSSR count). The van der Waals surface area contributed by atoms with Crippen LogP contribution in [0.2, 0.25) is 0 Å². The normalized spacial score (nSPS) is 22.5. The standard InChI is InChI=1S/C12H18ClF2NO5/c1-12(2,3)21-11(18)16-5-7(20-10(14)15)4-8(16)9(17)19-6-13/h7-8,10H,4-6H2,1-3H3/t7-,8+/m1/s1. The van der Waals surface area contributed by atoms with E-state index in [-0.39, 0.29) is 13.0 Å².